The standard InChI is InChI=1S/C30H36ClN3O4S/c1-5-23(3)32-30(36)24(4)33(20-19-25-9-7-6-8-10-25)29(35)21-34(27-15-13-26(31)14-16-27)39(37,38)28-17-11-22(2)12-18-28/h6-18,23-24H,5,19-21H2,1-4H3,(H,32,36)/t23-,24-/m0/s1. The van der Waals surface area contributed by atoms with Crippen molar-refractivity contribution in [1.82, 2.24) is 10.2 Å². The molecule has 0 radical (unpaired) electrons. The zero-order valence-electron chi connectivity index (χ0n) is 22.8. The Hall–Kier alpha value is -3.36. The fourth-order valence-corrected chi connectivity index (χ4v) is 5.55. The predicted octanol–water partition coefficient (Wildman–Crippen LogP) is 5.22. The van der Waals surface area contributed by atoms with Crippen molar-refractivity contribution in [3.05, 3.63) is 95.0 Å². The van der Waals surface area contributed by atoms with E-state index in [-0.39, 0.29) is 23.4 Å². The van der Waals surface area contributed by atoms with Crippen LogP contribution in [0, 0.1) is 6.92 Å². The molecule has 2 atom stereocenters. The molecule has 3 aromatic rings. The number of aryl methyl sites for hydroxylation is 1. The van der Waals surface area contributed by atoms with Crippen LogP contribution in [0.15, 0.2) is 83.8 Å². The summed E-state index contributed by atoms with van der Waals surface area (Å²) in [5.74, 6) is -0.770. The molecular weight excluding hydrogens is 534 g/mol. The minimum atomic E-state index is -4.11. The van der Waals surface area contributed by atoms with Gasteiger partial charge in [-0.1, -0.05) is 66.6 Å². The normalized spacial score (nSPS) is 12.8. The molecule has 7 nitrogen and oxygen atoms in total. The second kappa shape index (κ2) is 13.6. The van der Waals surface area contributed by atoms with Gasteiger partial charge in [-0.15, -0.1) is 0 Å². The maximum absolute atomic E-state index is 13.9. The molecule has 0 spiro atoms. The van der Waals surface area contributed by atoms with Crippen molar-refractivity contribution in [1.29, 1.82) is 0 Å². The Balaban J connectivity index is 1.96. The number of amides is 2. The summed E-state index contributed by atoms with van der Waals surface area (Å²) < 4.78 is 28.7. The number of sulfonamides is 1. The van der Waals surface area contributed by atoms with E-state index in [4.69, 9.17) is 11.6 Å². The summed E-state index contributed by atoms with van der Waals surface area (Å²) in [7, 11) is -4.11. The topological polar surface area (TPSA) is 86.8 Å². The van der Waals surface area contributed by atoms with Gasteiger partial charge in [-0.2, -0.15) is 0 Å². The fraction of sp³-hybridized carbons (Fsp3) is 0.333. The summed E-state index contributed by atoms with van der Waals surface area (Å²) >= 11 is 6.06. The minimum absolute atomic E-state index is 0.0569. The lowest BCUT2D eigenvalue weighted by atomic mass is 10.1. The Kier molecular flexibility index (Phi) is 10.5. The van der Waals surface area contributed by atoms with E-state index >= 15 is 0 Å². The average Bonchev–Trinajstić information content (AvgIpc) is 2.93. The number of rotatable bonds is 12. The van der Waals surface area contributed by atoms with E-state index in [2.05, 4.69) is 5.32 Å². The molecule has 208 valence electrons. The van der Waals surface area contributed by atoms with Gasteiger partial charge in [0.25, 0.3) is 10.0 Å². The number of benzene rings is 3. The fourth-order valence-electron chi connectivity index (χ4n) is 4.01. The van der Waals surface area contributed by atoms with Crippen LogP contribution in [0.3, 0.4) is 0 Å². The monoisotopic (exact) mass is 569 g/mol. The zero-order chi connectivity index (χ0) is 28.6. The Morgan fingerprint density at radius 2 is 1.54 bits per heavy atom. The third kappa shape index (κ3) is 8.07. The van der Waals surface area contributed by atoms with Crippen molar-refractivity contribution >= 4 is 39.1 Å². The number of nitrogens with zero attached hydrogens (tertiary/aromatic N) is 2. The lowest BCUT2D eigenvalue weighted by Gasteiger charge is -2.32. The lowest BCUT2D eigenvalue weighted by Crippen LogP contribution is -2.53. The third-order valence-corrected chi connectivity index (χ3v) is 8.70. The molecular formula is C30H36ClN3O4S. The summed E-state index contributed by atoms with van der Waals surface area (Å²) in [6, 6.07) is 21.5. The van der Waals surface area contributed by atoms with E-state index in [1.54, 1.807) is 43.3 Å². The average molecular weight is 570 g/mol. The molecule has 1 N–H and O–H groups in total. The quantitative estimate of drug-likeness (QED) is 0.324. The minimum Gasteiger partial charge on any atom is -0.352 e. The molecule has 0 bridgehead atoms. The molecule has 0 fully saturated rings. The maximum atomic E-state index is 13.9. The molecule has 0 aliphatic rings. The summed E-state index contributed by atoms with van der Waals surface area (Å²) in [6.07, 6.45) is 1.26. The van der Waals surface area contributed by atoms with E-state index in [0.717, 1.165) is 21.9 Å². The number of carbonyl (C=O) groups is 2. The van der Waals surface area contributed by atoms with Crippen molar-refractivity contribution < 1.29 is 18.0 Å². The van der Waals surface area contributed by atoms with Crippen molar-refractivity contribution in [3.8, 4) is 0 Å². The van der Waals surface area contributed by atoms with E-state index in [0.29, 0.717) is 17.1 Å². The largest absolute Gasteiger partial charge is 0.352 e. The summed E-state index contributed by atoms with van der Waals surface area (Å²) in [6.45, 7) is 7.17. The second-order valence-electron chi connectivity index (χ2n) is 9.62. The Labute approximate surface area is 236 Å². The molecule has 0 aliphatic carbocycles. The zero-order valence-corrected chi connectivity index (χ0v) is 24.4. The molecule has 9 heteroatoms. The van der Waals surface area contributed by atoms with Crippen molar-refractivity contribution in [3.63, 3.8) is 0 Å². The van der Waals surface area contributed by atoms with Gasteiger partial charge in [0.15, 0.2) is 0 Å². The van der Waals surface area contributed by atoms with Crippen LogP contribution in [0.5, 0.6) is 0 Å². The number of carbonyl (C=O) groups excluding carboxylic acids is 2. The number of hydrogen-bond donors (Lipinski definition) is 1. The van der Waals surface area contributed by atoms with Gasteiger partial charge in [0.1, 0.15) is 12.6 Å². The number of nitrogens with one attached hydrogen (secondary N) is 1. The molecule has 0 saturated carbocycles. The van der Waals surface area contributed by atoms with Gasteiger partial charge in [-0.05, 0) is 75.6 Å². The third-order valence-electron chi connectivity index (χ3n) is 6.65. The highest BCUT2D eigenvalue weighted by Gasteiger charge is 2.32. The molecule has 2 amide bonds. The Morgan fingerprint density at radius 3 is 2.13 bits per heavy atom. The van der Waals surface area contributed by atoms with Crippen molar-refractivity contribution in [2.45, 2.75) is 57.5 Å². The van der Waals surface area contributed by atoms with E-state index in [9.17, 15) is 18.0 Å². The first-order chi connectivity index (χ1) is 18.5. The summed E-state index contributed by atoms with van der Waals surface area (Å²) in [4.78, 5) is 28.4. The Bertz CT molecular complexity index is 1350. The van der Waals surface area contributed by atoms with E-state index in [1.165, 1.54) is 17.0 Å². The molecule has 0 aromatic heterocycles. The van der Waals surface area contributed by atoms with Crippen molar-refractivity contribution in [2.24, 2.45) is 0 Å². The van der Waals surface area contributed by atoms with Gasteiger partial charge >= 0.3 is 0 Å². The molecule has 0 unspecified atom stereocenters. The number of halogens is 1. The van der Waals surface area contributed by atoms with Crippen molar-refractivity contribution in [2.75, 3.05) is 17.4 Å². The highest BCUT2D eigenvalue weighted by molar-refractivity contribution is 7.92. The first kappa shape index (κ1) is 30.2. The van der Waals surface area contributed by atoms with Gasteiger partial charge in [0.05, 0.1) is 10.6 Å². The highest BCUT2D eigenvalue weighted by atomic mass is 35.5. The maximum Gasteiger partial charge on any atom is 0.264 e. The summed E-state index contributed by atoms with van der Waals surface area (Å²) in [5, 5.41) is 3.38. The first-order valence-corrected chi connectivity index (χ1v) is 14.8. The van der Waals surface area contributed by atoms with Crippen LogP contribution in [0.1, 0.15) is 38.3 Å². The van der Waals surface area contributed by atoms with Crippen LogP contribution in [0.25, 0.3) is 0 Å². The van der Waals surface area contributed by atoms with Gasteiger partial charge in [-0.25, -0.2) is 8.42 Å². The Morgan fingerprint density at radius 1 is 0.923 bits per heavy atom. The van der Waals surface area contributed by atoms with Gasteiger partial charge in [-0.3, -0.25) is 13.9 Å². The van der Waals surface area contributed by atoms with E-state index < -0.39 is 28.5 Å². The van der Waals surface area contributed by atoms with Gasteiger partial charge in [0.2, 0.25) is 11.8 Å². The van der Waals surface area contributed by atoms with Crippen LogP contribution < -0.4 is 9.62 Å². The van der Waals surface area contributed by atoms with Crippen LogP contribution in [0.2, 0.25) is 5.02 Å². The SMILES string of the molecule is CC[C@H](C)NC(=O)[C@H](C)N(CCc1ccccc1)C(=O)CN(c1ccc(Cl)cc1)S(=O)(=O)c1ccc(C)cc1. The molecule has 0 saturated heterocycles. The molecule has 39 heavy (non-hydrogen) atoms. The molecule has 3 aromatic carbocycles. The molecule has 0 heterocycles. The van der Waals surface area contributed by atoms with Crippen LogP contribution >= 0.6 is 11.6 Å². The van der Waals surface area contributed by atoms with Crippen LogP contribution in [0.4, 0.5) is 5.69 Å². The van der Waals surface area contributed by atoms with Crippen LogP contribution in [-0.4, -0.2) is 50.3 Å². The molecule has 0 aliphatic heterocycles. The summed E-state index contributed by atoms with van der Waals surface area (Å²) in [5.41, 5.74) is 2.22. The van der Waals surface area contributed by atoms with Crippen LogP contribution in [-0.2, 0) is 26.0 Å². The smallest absolute Gasteiger partial charge is 0.264 e. The first-order valence-electron chi connectivity index (χ1n) is 13.0. The number of hydrogen-bond acceptors (Lipinski definition) is 4. The van der Waals surface area contributed by atoms with E-state index in [1.807, 2.05) is 51.1 Å². The molecule has 3 rings (SSSR count). The highest BCUT2D eigenvalue weighted by Crippen LogP contribution is 2.26. The predicted molar refractivity (Wildman–Crippen MR) is 156 cm³/mol. The second-order valence-corrected chi connectivity index (χ2v) is 11.9. The van der Waals surface area contributed by atoms with Gasteiger partial charge < -0.3 is 10.2 Å². The lowest BCUT2D eigenvalue weighted by molar-refractivity contribution is -0.139. The van der Waals surface area contributed by atoms with Gasteiger partial charge in [0, 0.05) is 17.6 Å². The number of anilines is 1.